The van der Waals surface area contributed by atoms with Crippen molar-refractivity contribution in [1.82, 2.24) is 0 Å². The molecule has 2 aromatic rings. The number of thiol groups is 2. The number of hydrogen-bond donors (Lipinski definition) is 2. The molecule has 0 radical (unpaired) electrons. The van der Waals surface area contributed by atoms with E-state index >= 15 is 0 Å². The van der Waals surface area contributed by atoms with Crippen LogP contribution in [0.15, 0.2) is 60.7 Å². The van der Waals surface area contributed by atoms with E-state index in [-0.39, 0.29) is 0 Å². The van der Waals surface area contributed by atoms with Gasteiger partial charge in [-0.25, -0.2) is 0 Å². The lowest BCUT2D eigenvalue weighted by atomic mass is 10.2. The highest BCUT2D eigenvalue weighted by Crippen LogP contribution is 2.56. The van der Waals surface area contributed by atoms with Gasteiger partial charge in [0.15, 0.2) is 0 Å². The van der Waals surface area contributed by atoms with E-state index in [1.54, 1.807) is 21.6 Å². The molecule has 0 aliphatic heterocycles. The number of benzene rings is 2. The second kappa shape index (κ2) is 8.50. The van der Waals surface area contributed by atoms with Gasteiger partial charge in [-0.05, 0) is 11.1 Å². The lowest BCUT2D eigenvalue weighted by molar-refractivity contribution is 1.03. The SMILES string of the molecule is SC(CCl)(SSC(S)(CCl)c1ccccc1)c1ccccc1. The minimum Gasteiger partial charge on any atom is -0.155 e. The van der Waals surface area contributed by atoms with Crippen LogP contribution in [0.3, 0.4) is 0 Å². The summed E-state index contributed by atoms with van der Waals surface area (Å²) in [6.07, 6.45) is 0. The van der Waals surface area contributed by atoms with Gasteiger partial charge in [-0.15, -0.1) is 23.2 Å². The van der Waals surface area contributed by atoms with Gasteiger partial charge in [-0.3, -0.25) is 0 Å². The zero-order valence-corrected chi connectivity index (χ0v) is 16.6. The van der Waals surface area contributed by atoms with E-state index in [2.05, 4.69) is 0 Å². The van der Waals surface area contributed by atoms with Crippen molar-refractivity contribution in [2.24, 2.45) is 0 Å². The minimum atomic E-state index is -0.498. The second-order valence-corrected chi connectivity index (χ2v) is 10.1. The van der Waals surface area contributed by atoms with Crippen molar-refractivity contribution in [2.75, 3.05) is 11.8 Å². The van der Waals surface area contributed by atoms with Crippen LogP contribution in [-0.4, -0.2) is 11.8 Å². The van der Waals surface area contributed by atoms with E-state index < -0.39 is 8.16 Å². The van der Waals surface area contributed by atoms with Gasteiger partial charge in [0.05, 0.1) is 11.8 Å². The van der Waals surface area contributed by atoms with Crippen LogP contribution in [0.2, 0.25) is 0 Å². The molecule has 118 valence electrons. The van der Waals surface area contributed by atoms with Crippen molar-refractivity contribution in [1.29, 1.82) is 0 Å². The number of halogens is 2. The molecule has 0 bridgehead atoms. The molecular weight excluding hydrogens is 391 g/mol. The minimum absolute atomic E-state index is 0.388. The predicted molar refractivity (Wildman–Crippen MR) is 111 cm³/mol. The largest absolute Gasteiger partial charge is 0.155 e. The molecule has 2 aromatic carbocycles. The van der Waals surface area contributed by atoms with Gasteiger partial charge in [0.2, 0.25) is 0 Å². The highest BCUT2D eigenvalue weighted by Gasteiger charge is 2.35. The highest BCUT2D eigenvalue weighted by molar-refractivity contribution is 8.79. The fraction of sp³-hybridized carbons (Fsp3) is 0.250. The van der Waals surface area contributed by atoms with Crippen LogP contribution in [0.1, 0.15) is 11.1 Å². The quantitative estimate of drug-likeness (QED) is 0.236. The molecule has 0 N–H and O–H groups in total. The Balaban J connectivity index is 2.18. The molecular formula is C16H16Cl2S4. The first-order valence-electron chi connectivity index (χ1n) is 6.59. The van der Waals surface area contributed by atoms with Crippen LogP contribution in [0, 0.1) is 0 Å². The lowest BCUT2D eigenvalue weighted by Crippen LogP contribution is -2.20. The Morgan fingerprint density at radius 1 is 0.682 bits per heavy atom. The van der Waals surface area contributed by atoms with Crippen molar-refractivity contribution in [3.8, 4) is 0 Å². The summed E-state index contributed by atoms with van der Waals surface area (Å²) in [4.78, 5) is 0. The molecule has 2 atom stereocenters. The summed E-state index contributed by atoms with van der Waals surface area (Å²) in [5.74, 6) is 0.775. The highest BCUT2D eigenvalue weighted by atomic mass is 35.5. The van der Waals surface area contributed by atoms with Crippen LogP contribution in [0.5, 0.6) is 0 Å². The summed E-state index contributed by atoms with van der Waals surface area (Å²) in [7, 11) is 3.18. The first-order chi connectivity index (χ1) is 10.5. The van der Waals surface area contributed by atoms with E-state index in [9.17, 15) is 0 Å². The zero-order valence-electron chi connectivity index (χ0n) is 11.7. The average molecular weight is 407 g/mol. The Labute approximate surface area is 161 Å². The van der Waals surface area contributed by atoms with Crippen LogP contribution >= 0.6 is 70.0 Å². The normalized spacial score (nSPS) is 16.7. The fourth-order valence-electron chi connectivity index (χ4n) is 1.83. The summed E-state index contributed by atoms with van der Waals surface area (Å²) < 4.78 is -0.995. The fourth-order valence-corrected chi connectivity index (χ4v) is 6.41. The summed E-state index contributed by atoms with van der Waals surface area (Å²) in [5, 5.41) is 0. The smallest absolute Gasteiger partial charge is 0.107 e. The van der Waals surface area contributed by atoms with Gasteiger partial charge in [0.25, 0.3) is 0 Å². The summed E-state index contributed by atoms with van der Waals surface area (Å²) in [6.45, 7) is 0. The average Bonchev–Trinajstić information content (AvgIpc) is 2.61. The number of rotatable bonds is 7. The molecule has 22 heavy (non-hydrogen) atoms. The van der Waals surface area contributed by atoms with Gasteiger partial charge in [-0.1, -0.05) is 82.3 Å². The number of hydrogen-bond acceptors (Lipinski definition) is 4. The standard InChI is InChI=1S/C16H16Cl2S4/c17-11-15(19,13-7-3-1-4-8-13)21-22-16(20,12-18)14-9-5-2-6-10-14/h1-10,19-20H,11-12H2. The molecule has 0 saturated carbocycles. The van der Waals surface area contributed by atoms with Crippen molar-refractivity contribution in [3.63, 3.8) is 0 Å². The molecule has 2 rings (SSSR count). The van der Waals surface area contributed by atoms with Gasteiger partial charge < -0.3 is 0 Å². The summed E-state index contributed by atoms with van der Waals surface area (Å²) in [5.41, 5.74) is 2.15. The van der Waals surface area contributed by atoms with Crippen LogP contribution in [0.25, 0.3) is 0 Å². The second-order valence-electron chi connectivity index (χ2n) is 4.73. The maximum atomic E-state index is 6.19. The Hall–Kier alpha value is 0.420. The lowest BCUT2D eigenvalue weighted by Gasteiger charge is -2.31. The molecule has 0 spiro atoms. The van der Waals surface area contributed by atoms with Crippen LogP contribution in [-0.2, 0) is 8.16 Å². The van der Waals surface area contributed by atoms with E-state index in [1.807, 2.05) is 60.7 Å². The van der Waals surface area contributed by atoms with Gasteiger partial charge in [-0.2, -0.15) is 25.3 Å². The third-order valence-electron chi connectivity index (χ3n) is 3.13. The predicted octanol–water partition coefficient (Wildman–Crippen LogP) is 6.41. The van der Waals surface area contributed by atoms with Gasteiger partial charge in [0, 0.05) is 0 Å². The molecule has 0 amide bonds. The zero-order chi connectivity index (χ0) is 16.1. The first-order valence-corrected chi connectivity index (χ1v) is 10.7. The van der Waals surface area contributed by atoms with Crippen molar-refractivity contribution >= 4 is 70.0 Å². The van der Waals surface area contributed by atoms with Crippen molar-refractivity contribution < 1.29 is 0 Å². The third kappa shape index (κ3) is 4.49. The van der Waals surface area contributed by atoms with E-state index in [0.717, 1.165) is 11.1 Å². The molecule has 0 heterocycles. The topological polar surface area (TPSA) is 0 Å². The Kier molecular flexibility index (Phi) is 7.24. The Morgan fingerprint density at radius 3 is 1.27 bits per heavy atom. The summed E-state index contributed by atoms with van der Waals surface area (Å²) >= 11 is 22.0. The molecule has 0 nitrogen and oxygen atoms in total. The van der Waals surface area contributed by atoms with Crippen LogP contribution < -0.4 is 0 Å². The first kappa shape index (κ1) is 18.8. The van der Waals surface area contributed by atoms with E-state index in [1.165, 1.54) is 0 Å². The Bertz CT molecular complexity index is 528. The molecule has 0 saturated heterocycles. The van der Waals surface area contributed by atoms with E-state index in [4.69, 9.17) is 48.5 Å². The third-order valence-corrected chi connectivity index (χ3v) is 10.1. The van der Waals surface area contributed by atoms with Crippen molar-refractivity contribution in [3.05, 3.63) is 71.8 Å². The maximum absolute atomic E-state index is 6.19. The molecule has 6 heteroatoms. The van der Waals surface area contributed by atoms with E-state index in [0.29, 0.717) is 11.8 Å². The molecule has 0 aliphatic carbocycles. The molecule has 0 fully saturated rings. The van der Waals surface area contributed by atoms with Crippen molar-refractivity contribution in [2.45, 2.75) is 8.16 Å². The summed E-state index contributed by atoms with van der Waals surface area (Å²) in [6, 6.07) is 20.1. The monoisotopic (exact) mass is 406 g/mol. The van der Waals surface area contributed by atoms with Gasteiger partial charge in [0.1, 0.15) is 8.16 Å². The molecule has 0 aliphatic rings. The molecule has 0 aromatic heterocycles. The molecule has 2 unspecified atom stereocenters. The van der Waals surface area contributed by atoms with Gasteiger partial charge >= 0.3 is 0 Å². The van der Waals surface area contributed by atoms with Crippen LogP contribution in [0.4, 0.5) is 0 Å². The number of alkyl halides is 2. The Morgan fingerprint density at radius 2 is 1.00 bits per heavy atom. The maximum Gasteiger partial charge on any atom is 0.107 e.